The summed E-state index contributed by atoms with van der Waals surface area (Å²) in [6.07, 6.45) is 8.22. The number of nitrogens with one attached hydrogen (secondary N) is 1. The Hall–Kier alpha value is -3.16. The van der Waals surface area contributed by atoms with Crippen LogP contribution in [0.2, 0.25) is 0 Å². The highest BCUT2D eigenvalue weighted by Gasteiger charge is 2.46. The van der Waals surface area contributed by atoms with Gasteiger partial charge in [-0.25, -0.2) is 4.98 Å². The van der Waals surface area contributed by atoms with Crippen LogP contribution < -0.4 is 19.4 Å². The van der Waals surface area contributed by atoms with Crippen LogP contribution in [-0.2, 0) is 11.3 Å². The van der Waals surface area contributed by atoms with Crippen molar-refractivity contribution >= 4 is 40.2 Å². The standard InChI is InChI=1S/C29H36N6O3S/c1-28(9-10-28)35(39(37)38)22-7-8-23(24(18-22)33-16-13-29(11-12-29)14-17-33)27(36)32-25-5-2-6-26(31-25)34-15-3-4-21(19-30)20-34/h2,5-8,18,21H,3-4,9-17,20H2,1H3,(H,37,38)(H,31,32,36)/p-1. The van der Waals surface area contributed by atoms with Gasteiger partial charge in [-0.3, -0.25) is 13.3 Å². The molecule has 2 atom stereocenters. The van der Waals surface area contributed by atoms with Gasteiger partial charge in [0.2, 0.25) is 0 Å². The van der Waals surface area contributed by atoms with Crippen molar-refractivity contribution in [3.63, 3.8) is 0 Å². The van der Waals surface area contributed by atoms with Gasteiger partial charge < -0.3 is 19.7 Å². The predicted octanol–water partition coefficient (Wildman–Crippen LogP) is 4.61. The van der Waals surface area contributed by atoms with Crippen molar-refractivity contribution < 1.29 is 13.6 Å². The summed E-state index contributed by atoms with van der Waals surface area (Å²) in [5.74, 6) is 0.921. The molecule has 2 saturated carbocycles. The fourth-order valence-corrected chi connectivity index (χ4v) is 6.93. The van der Waals surface area contributed by atoms with Gasteiger partial charge in [-0.05, 0) is 94.0 Å². The van der Waals surface area contributed by atoms with Crippen LogP contribution in [0.4, 0.5) is 23.0 Å². The molecule has 1 aromatic carbocycles. The first-order chi connectivity index (χ1) is 18.8. The molecule has 4 aliphatic rings. The number of nitriles is 1. The molecule has 2 saturated heterocycles. The molecule has 1 aromatic heterocycles. The zero-order valence-electron chi connectivity index (χ0n) is 22.4. The van der Waals surface area contributed by atoms with E-state index >= 15 is 0 Å². The fraction of sp³-hybridized carbons (Fsp3) is 0.552. The van der Waals surface area contributed by atoms with Crippen molar-refractivity contribution in [2.45, 2.75) is 63.8 Å². The molecule has 2 aliphatic heterocycles. The number of benzene rings is 1. The first kappa shape index (κ1) is 26.1. The number of hydrogen-bond acceptors (Lipinski definition) is 7. The normalized spacial score (nSPS) is 23.6. The number of amides is 1. The van der Waals surface area contributed by atoms with Gasteiger partial charge in [-0.1, -0.05) is 6.07 Å². The van der Waals surface area contributed by atoms with E-state index < -0.39 is 16.8 Å². The Balaban J connectivity index is 1.27. The average molecular weight is 548 g/mol. The molecule has 1 N–H and O–H groups in total. The monoisotopic (exact) mass is 547 g/mol. The zero-order chi connectivity index (χ0) is 27.2. The first-order valence-electron chi connectivity index (χ1n) is 14.0. The van der Waals surface area contributed by atoms with E-state index in [1.165, 1.54) is 17.1 Å². The fourth-order valence-electron chi connectivity index (χ4n) is 6.10. The summed E-state index contributed by atoms with van der Waals surface area (Å²) in [5.41, 5.74) is 1.95. The Morgan fingerprint density at radius 1 is 1.13 bits per heavy atom. The molecule has 1 amide bonds. The molecule has 6 rings (SSSR count). The maximum absolute atomic E-state index is 13.7. The molecule has 0 radical (unpaired) electrons. The molecule has 2 aromatic rings. The molecule has 9 nitrogen and oxygen atoms in total. The van der Waals surface area contributed by atoms with Crippen LogP contribution in [-0.4, -0.2) is 51.4 Å². The van der Waals surface area contributed by atoms with Crippen LogP contribution in [0.15, 0.2) is 36.4 Å². The van der Waals surface area contributed by atoms with Gasteiger partial charge in [-0.15, -0.1) is 0 Å². The SMILES string of the molecule is CC1(N(c2ccc(C(=O)Nc3cccc(N4CCCC(C#N)C4)n3)c(N3CCC4(CC3)CC4)c2)S(=O)[O-])CC1. The lowest BCUT2D eigenvalue weighted by molar-refractivity contribution is 0.102. The summed E-state index contributed by atoms with van der Waals surface area (Å²) >= 11 is -2.40. The molecular weight excluding hydrogens is 512 g/mol. The second-order valence-electron chi connectivity index (χ2n) is 11.9. The highest BCUT2D eigenvalue weighted by Crippen LogP contribution is 2.54. The summed E-state index contributed by atoms with van der Waals surface area (Å²) in [4.78, 5) is 22.7. The molecule has 206 valence electrons. The van der Waals surface area contributed by atoms with Crippen molar-refractivity contribution in [1.29, 1.82) is 5.26 Å². The van der Waals surface area contributed by atoms with Gasteiger partial charge in [0, 0.05) is 37.4 Å². The van der Waals surface area contributed by atoms with Crippen LogP contribution in [0.25, 0.3) is 0 Å². The number of rotatable bonds is 7. The highest BCUT2D eigenvalue weighted by atomic mass is 32.2. The van der Waals surface area contributed by atoms with Crippen molar-refractivity contribution in [2.24, 2.45) is 11.3 Å². The van der Waals surface area contributed by atoms with E-state index in [9.17, 15) is 18.8 Å². The number of carbonyl (C=O) groups excluding carboxylic acids is 1. The maximum Gasteiger partial charge on any atom is 0.258 e. The van der Waals surface area contributed by atoms with Crippen molar-refractivity contribution in [3.05, 3.63) is 42.0 Å². The Kier molecular flexibility index (Phi) is 6.76. The Labute approximate surface area is 232 Å². The van der Waals surface area contributed by atoms with Gasteiger partial charge in [-0.2, -0.15) is 5.26 Å². The van der Waals surface area contributed by atoms with Crippen LogP contribution in [0.1, 0.15) is 68.6 Å². The van der Waals surface area contributed by atoms with Gasteiger partial charge in [0.25, 0.3) is 5.91 Å². The number of piperidine rings is 2. The molecule has 39 heavy (non-hydrogen) atoms. The van der Waals surface area contributed by atoms with E-state index in [1.807, 2.05) is 25.1 Å². The molecule has 2 aliphatic carbocycles. The van der Waals surface area contributed by atoms with E-state index in [2.05, 4.69) is 21.2 Å². The molecule has 3 heterocycles. The van der Waals surface area contributed by atoms with Gasteiger partial charge in [0.05, 0.1) is 34.5 Å². The zero-order valence-corrected chi connectivity index (χ0v) is 23.2. The smallest absolute Gasteiger partial charge is 0.258 e. The van der Waals surface area contributed by atoms with Crippen LogP contribution in [0, 0.1) is 22.7 Å². The highest BCUT2D eigenvalue weighted by molar-refractivity contribution is 7.80. The number of anilines is 4. The lowest BCUT2D eigenvalue weighted by atomic mass is 9.93. The summed E-state index contributed by atoms with van der Waals surface area (Å²) in [6, 6.07) is 13.3. The van der Waals surface area contributed by atoms with Crippen LogP contribution in [0.5, 0.6) is 0 Å². The second-order valence-corrected chi connectivity index (χ2v) is 12.7. The van der Waals surface area contributed by atoms with Crippen LogP contribution >= 0.6 is 0 Å². The van der Waals surface area contributed by atoms with Crippen molar-refractivity contribution in [1.82, 2.24) is 4.98 Å². The summed E-state index contributed by atoms with van der Waals surface area (Å²) in [5, 5.41) is 12.3. The molecule has 0 bridgehead atoms. The Bertz CT molecular complexity index is 1320. The lowest BCUT2D eigenvalue weighted by Gasteiger charge is -2.37. The Morgan fingerprint density at radius 2 is 1.90 bits per heavy atom. The van der Waals surface area contributed by atoms with Gasteiger partial charge in [0.15, 0.2) is 0 Å². The molecule has 1 spiro atoms. The Morgan fingerprint density at radius 3 is 2.56 bits per heavy atom. The quantitative estimate of drug-likeness (QED) is 0.504. The van der Waals surface area contributed by atoms with Gasteiger partial charge >= 0.3 is 0 Å². The summed E-state index contributed by atoms with van der Waals surface area (Å²) < 4.78 is 25.9. The molecular formula is C29H35N6O3S-. The minimum atomic E-state index is -2.40. The number of carbonyl (C=O) groups is 1. The molecule has 2 unspecified atom stereocenters. The second kappa shape index (κ2) is 10.1. The van der Waals surface area contributed by atoms with E-state index in [1.54, 1.807) is 18.2 Å². The molecule has 10 heteroatoms. The topological polar surface area (TPSA) is 116 Å². The minimum Gasteiger partial charge on any atom is -0.755 e. The summed E-state index contributed by atoms with van der Waals surface area (Å²) in [7, 11) is 0. The lowest BCUT2D eigenvalue weighted by Crippen LogP contribution is -2.38. The minimum absolute atomic E-state index is 0.0138. The van der Waals surface area contributed by atoms with E-state index in [-0.39, 0.29) is 11.8 Å². The number of pyridine rings is 1. The van der Waals surface area contributed by atoms with Crippen molar-refractivity contribution in [2.75, 3.05) is 45.6 Å². The van der Waals surface area contributed by atoms with E-state index in [0.717, 1.165) is 69.7 Å². The molecule has 4 fully saturated rings. The average Bonchev–Trinajstić information content (AvgIpc) is 3.88. The number of hydrogen-bond donors (Lipinski definition) is 1. The summed E-state index contributed by atoms with van der Waals surface area (Å²) in [6.45, 7) is 5.13. The van der Waals surface area contributed by atoms with Crippen molar-refractivity contribution in [3.8, 4) is 6.07 Å². The third-order valence-electron chi connectivity index (χ3n) is 9.10. The largest absolute Gasteiger partial charge is 0.755 e. The third-order valence-corrected chi connectivity index (χ3v) is 10.0. The van der Waals surface area contributed by atoms with E-state index in [0.29, 0.717) is 29.0 Å². The number of aromatic nitrogens is 1. The van der Waals surface area contributed by atoms with Crippen LogP contribution in [0.3, 0.4) is 0 Å². The maximum atomic E-state index is 13.7. The van der Waals surface area contributed by atoms with Gasteiger partial charge in [0.1, 0.15) is 11.6 Å². The number of nitrogens with zero attached hydrogens (tertiary/aromatic N) is 5. The first-order valence-corrected chi connectivity index (χ1v) is 15.0. The van der Waals surface area contributed by atoms with E-state index in [4.69, 9.17) is 4.98 Å². The predicted molar refractivity (Wildman–Crippen MR) is 151 cm³/mol. The third kappa shape index (κ3) is 5.35.